The molecule has 3 aliphatic rings. The van der Waals surface area contributed by atoms with E-state index in [2.05, 4.69) is 232 Å². The number of benzene rings is 11. The Kier molecular flexibility index (Phi) is 7.20. The molecule has 0 fully saturated rings. The Bertz CT molecular complexity index is 3740. The van der Waals surface area contributed by atoms with E-state index in [1.807, 2.05) is 0 Å². The zero-order valence-corrected chi connectivity index (χ0v) is 35.8. The third kappa shape index (κ3) is 4.52. The summed E-state index contributed by atoms with van der Waals surface area (Å²) in [6, 6.07) is 82.8. The van der Waals surface area contributed by atoms with E-state index in [0.717, 1.165) is 0 Å². The monoisotopic (exact) mass is 810 g/mol. The molecule has 0 aromatic heterocycles. The van der Waals surface area contributed by atoms with Crippen molar-refractivity contribution in [3.63, 3.8) is 0 Å². The molecule has 0 atom stereocenters. The Morgan fingerprint density at radius 2 is 0.688 bits per heavy atom. The van der Waals surface area contributed by atoms with Crippen LogP contribution in [-0.4, -0.2) is 0 Å². The summed E-state index contributed by atoms with van der Waals surface area (Å²) in [4.78, 5) is 0. The van der Waals surface area contributed by atoms with E-state index < -0.39 is 5.41 Å². The van der Waals surface area contributed by atoms with Gasteiger partial charge in [-0.25, -0.2) is 0 Å². The third-order valence-electron chi connectivity index (χ3n) is 15.3. The fourth-order valence-corrected chi connectivity index (χ4v) is 12.6. The van der Waals surface area contributed by atoms with Crippen LogP contribution in [0.1, 0.15) is 47.2 Å². The van der Waals surface area contributed by atoms with Crippen LogP contribution in [0, 0.1) is 0 Å². The Hall–Kier alpha value is -7.80. The molecule has 0 saturated heterocycles. The second-order valence-corrected chi connectivity index (χ2v) is 18.6. The first-order valence-corrected chi connectivity index (χ1v) is 22.7. The van der Waals surface area contributed by atoms with Crippen LogP contribution in [0.25, 0.3) is 99.1 Å². The van der Waals surface area contributed by atoms with Gasteiger partial charge >= 0.3 is 0 Å². The van der Waals surface area contributed by atoms with Crippen LogP contribution in [0.4, 0.5) is 0 Å². The van der Waals surface area contributed by atoms with Gasteiger partial charge < -0.3 is 0 Å². The van der Waals surface area contributed by atoms with E-state index >= 15 is 0 Å². The van der Waals surface area contributed by atoms with Crippen LogP contribution >= 0.6 is 0 Å². The fourth-order valence-electron chi connectivity index (χ4n) is 12.6. The van der Waals surface area contributed by atoms with Gasteiger partial charge in [-0.15, -0.1) is 0 Å². The molecule has 3 aliphatic carbocycles. The Balaban J connectivity index is 1.08. The minimum absolute atomic E-state index is 0.152. The van der Waals surface area contributed by atoms with Crippen molar-refractivity contribution in [2.45, 2.75) is 24.7 Å². The highest BCUT2D eigenvalue weighted by molar-refractivity contribution is 6.25. The molecule has 0 unspecified atom stereocenters. The third-order valence-corrected chi connectivity index (χ3v) is 15.3. The lowest BCUT2D eigenvalue weighted by atomic mass is 9.70. The van der Waals surface area contributed by atoms with Crippen molar-refractivity contribution in [3.05, 3.63) is 252 Å². The average Bonchev–Trinajstić information content (AvgIpc) is 3.91. The molecule has 298 valence electrons. The van der Waals surface area contributed by atoms with Gasteiger partial charge in [0.2, 0.25) is 0 Å². The van der Waals surface area contributed by atoms with E-state index in [1.54, 1.807) is 0 Å². The molecule has 0 bridgehead atoms. The summed E-state index contributed by atoms with van der Waals surface area (Å²) in [5, 5.41) is 7.67. The minimum Gasteiger partial charge on any atom is -0.0622 e. The molecule has 0 radical (unpaired) electrons. The maximum absolute atomic E-state index is 2.55. The van der Waals surface area contributed by atoms with Gasteiger partial charge in [0.1, 0.15) is 0 Å². The Morgan fingerprint density at radius 3 is 1.33 bits per heavy atom. The molecular weight excluding hydrogens is 769 g/mol. The number of rotatable bonds is 3. The molecule has 0 heteroatoms. The van der Waals surface area contributed by atoms with Crippen molar-refractivity contribution in [3.8, 4) is 66.8 Å². The van der Waals surface area contributed by atoms with Crippen molar-refractivity contribution in [2.75, 3.05) is 0 Å². The Labute approximate surface area is 373 Å². The molecule has 0 nitrogen and oxygen atoms in total. The summed E-state index contributed by atoms with van der Waals surface area (Å²) in [6.07, 6.45) is 0. The standard InChI is InChI=1S/C64H42/c1-63(2)54-28-14-13-27-51(54)62-47-24-7-6-20-42(47)53(38-59(62)63)61-49-26-9-8-25-48(49)60(39-18-4-3-5-19-39)50-35-33-40(36-52(50)61)41-32-34-46-45-23-12-17-31-57(45)64(58(46)37-41)55-29-15-10-21-43(55)44-22-11-16-30-56(44)64/h3-38H,1-2H3. The predicted octanol–water partition coefficient (Wildman–Crippen LogP) is 16.8. The lowest BCUT2D eigenvalue weighted by molar-refractivity contribution is 0.661. The molecule has 11 aromatic carbocycles. The molecule has 0 saturated carbocycles. The molecule has 0 amide bonds. The topological polar surface area (TPSA) is 0 Å². The summed E-state index contributed by atoms with van der Waals surface area (Å²) >= 11 is 0. The van der Waals surface area contributed by atoms with Crippen LogP contribution in [0.5, 0.6) is 0 Å². The van der Waals surface area contributed by atoms with Crippen LogP contribution < -0.4 is 0 Å². The van der Waals surface area contributed by atoms with Gasteiger partial charge in [-0.2, -0.15) is 0 Å². The molecule has 1 spiro atoms. The first-order chi connectivity index (χ1) is 31.5. The first kappa shape index (κ1) is 35.8. The summed E-state index contributed by atoms with van der Waals surface area (Å²) in [6.45, 7) is 4.81. The van der Waals surface area contributed by atoms with E-state index in [0.29, 0.717) is 0 Å². The number of fused-ring (bicyclic) bond motifs is 17. The van der Waals surface area contributed by atoms with Gasteiger partial charge in [-0.1, -0.05) is 214 Å². The van der Waals surface area contributed by atoms with Gasteiger partial charge in [0.15, 0.2) is 0 Å². The van der Waals surface area contributed by atoms with E-state index in [4.69, 9.17) is 0 Å². The summed E-state index contributed by atoms with van der Waals surface area (Å²) in [5.74, 6) is 0. The van der Waals surface area contributed by atoms with Crippen molar-refractivity contribution < 1.29 is 0 Å². The SMILES string of the molecule is CC1(C)c2ccccc2-c2c1cc(-c1c3ccccc3c(-c3ccccc3)c3ccc(-c4ccc5c(c4)C4(c6ccccc6-c6ccccc64)c4ccccc4-5)cc13)c1ccccc21. The van der Waals surface area contributed by atoms with E-state index in [-0.39, 0.29) is 5.41 Å². The second kappa shape index (κ2) is 12.9. The molecule has 11 aromatic rings. The van der Waals surface area contributed by atoms with Crippen molar-refractivity contribution in [2.24, 2.45) is 0 Å². The van der Waals surface area contributed by atoms with Crippen molar-refractivity contribution >= 4 is 32.3 Å². The lowest BCUT2D eigenvalue weighted by Gasteiger charge is -2.30. The summed E-state index contributed by atoms with van der Waals surface area (Å²) in [5.41, 5.74) is 23.3. The maximum Gasteiger partial charge on any atom is 0.0725 e. The fraction of sp³-hybridized carbons (Fsp3) is 0.0625. The normalized spacial score (nSPS) is 14.3. The van der Waals surface area contributed by atoms with Gasteiger partial charge in [0.25, 0.3) is 0 Å². The van der Waals surface area contributed by atoms with E-state index in [1.165, 1.54) is 132 Å². The number of hydrogen-bond donors (Lipinski definition) is 0. The van der Waals surface area contributed by atoms with Gasteiger partial charge in [0.05, 0.1) is 5.41 Å². The quantitative estimate of drug-likeness (QED) is 0.156. The second-order valence-electron chi connectivity index (χ2n) is 18.6. The largest absolute Gasteiger partial charge is 0.0725 e. The Morgan fingerprint density at radius 1 is 0.234 bits per heavy atom. The van der Waals surface area contributed by atoms with Crippen LogP contribution in [0.3, 0.4) is 0 Å². The molecule has 0 N–H and O–H groups in total. The van der Waals surface area contributed by atoms with Crippen molar-refractivity contribution in [1.82, 2.24) is 0 Å². The molecular formula is C64H42. The predicted molar refractivity (Wildman–Crippen MR) is 269 cm³/mol. The van der Waals surface area contributed by atoms with Gasteiger partial charge in [0, 0.05) is 5.41 Å². The van der Waals surface area contributed by atoms with Crippen LogP contribution in [0.2, 0.25) is 0 Å². The molecule has 14 rings (SSSR count). The number of hydrogen-bond acceptors (Lipinski definition) is 0. The smallest absolute Gasteiger partial charge is 0.0622 e. The van der Waals surface area contributed by atoms with Crippen molar-refractivity contribution in [1.29, 1.82) is 0 Å². The zero-order chi connectivity index (χ0) is 42.3. The lowest BCUT2D eigenvalue weighted by Crippen LogP contribution is -2.25. The zero-order valence-electron chi connectivity index (χ0n) is 35.8. The maximum atomic E-state index is 2.55. The summed E-state index contributed by atoms with van der Waals surface area (Å²) < 4.78 is 0. The average molecular weight is 811 g/mol. The van der Waals surface area contributed by atoms with Crippen LogP contribution in [-0.2, 0) is 10.8 Å². The van der Waals surface area contributed by atoms with Gasteiger partial charge in [-0.05, 0) is 151 Å². The van der Waals surface area contributed by atoms with Crippen LogP contribution in [0.15, 0.2) is 218 Å². The van der Waals surface area contributed by atoms with E-state index in [9.17, 15) is 0 Å². The summed E-state index contributed by atoms with van der Waals surface area (Å²) in [7, 11) is 0. The molecule has 0 heterocycles. The van der Waals surface area contributed by atoms with Gasteiger partial charge in [-0.3, -0.25) is 0 Å². The highest BCUT2D eigenvalue weighted by Crippen LogP contribution is 2.63. The minimum atomic E-state index is -0.401. The molecule has 64 heavy (non-hydrogen) atoms. The highest BCUT2D eigenvalue weighted by atomic mass is 14.5. The highest BCUT2D eigenvalue weighted by Gasteiger charge is 2.51. The molecule has 0 aliphatic heterocycles. The first-order valence-electron chi connectivity index (χ1n) is 22.7.